The topological polar surface area (TPSA) is 68.0 Å². The van der Waals surface area contributed by atoms with Crippen molar-refractivity contribution in [1.82, 2.24) is 9.97 Å². The highest BCUT2D eigenvalue weighted by molar-refractivity contribution is 6.32. The summed E-state index contributed by atoms with van der Waals surface area (Å²) in [5.74, 6) is 1.38. The van der Waals surface area contributed by atoms with Gasteiger partial charge in [-0.05, 0) is 53.1 Å². The lowest BCUT2D eigenvalue weighted by Crippen LogP contribution is -2.19. The first kappa shape index (κ1) is 23.1. The summed E-state index contributed by atoms with van der Waals surface area (Å²) >= 11 is 17.9. The van der Waals surface area contributed by atoms with E-state index in [9.17, 15) is 5.26 Å². The number of rotatable bonds is 8. The van der Waals surface area contributed by atoms with Crippen molar-refractivity contribution < 1.29 is 9.47 Å². The van der Waals surface area contributed by atoms with Crippen LogP contribution in [0, 0.1) is 11.3 Å². The molecule has 2 aromatic carbocycles. The maximum Gasteiger partial charge on any atom is 0.222 e. The molecule has 3 aromatic rings. The standard InChI is InChI=1S/C23H20Cl3N3O2/c1-23(2,17-11-15(13-27)21(20(25)12-17)30-10-8-24)16-3-5-19(6-4-16)31-14-18-7-9-28-22(26)29-18/h3-7,9,11-12H,8,10,14H2,1-2H3. The van der Waals surface area contributed by atoms with E-state index in [4.69, 9.17) is 44.3 Å². The van der Waals surface area contributed by atoms with Gasteiger partial charge < -0.3 is 9.47 Å². The summed E-state index contributed by atoms with van der Waals surface area (Å²) in [6.45, 7) is 4.70. The lowest BCUT2D eigenvalue weighted by atomic mass is 9.77. The molecule has 0 bridgehead atoms. The van der Waals surface area contributed by atoms with Crippen molar-refractivity contribution in [2.75, 3.05) is 12.5 Å². The minimum absolute atomic E-state index is 0.188. The second-order valence-electron chi connectivity index (χ2n) is 7.24. The molecule has 3 rings (SSSR count). The van der Waals surface area contributed by atoms with Crippen LogP contribution in [0.3, 0.4) is 0 Å². The van der Waals surface area contributed by atoms with Crippen LogP contribution in [0.5, 0.6) is 11.5 Å². The summed E-state index contributed by atoms with van der Waals surface area (Å²) < 4.78 is 11.3. The zero-order valence-corrected chi connectivity index (χ0v) is 19.3. The predicted molar refractivity (Wildman–Crippen MR) is 122 cm³/mol. The molecular formula is C23H20Cl3N3O2. The SMILES string of the molecule is CC(C)(c1ccc(OCc2ccnc(Cl)n2)cc1)c1cc(Cl)c(OCCCl)c(C#N)c1. The van der Waals surface area contributed by atoms with Crippen LogP contribution in [0.2, 0.25) is 10.3 Å². The van der Waals surface area contributed by atoms with Crippen LogP contribution in [-0.2, 0) is 12.0 Å². The fourth-order valence-electron chi connectivity index (χ4n) is 3.07. The highest BCUT2D eigenvalue weighted by Crippen LogP contribution is 2.38. The van der Waals surface area contributed by atoms with Gasteiger partial charge in [-0.25, -0.2) is 9.97 Å². The van der Waals surface area contributed by atoms with Crippen molar-refractivity contribution in [2.24, 2.45) is 0 Å². The third-order valence-electron chi connectivity index (χ3n) is 4.86. The van der Waals surface area contributed by atoms with Gasteiger partial charge in [0.2, 0.25) is 5.28 Å². The Morgan fingerprint density at radius 3 is 2.42 bits per heavy atom. The molecule has 0 fully saturated rings. The van der Waals surface area contributed by atoms with Gasteiger partial charge in [-0.15, -0.1) is 11.6 Å². The Balaban J connectivity index is 1.80. The molecular weight excluding hydrogens is 457 g/mol. The lowest BCUT2D eigenvalue weighted by Gasteiger charge is -2.27. The molecule has 0 N–H and O–H groups in total. The average Bonchev–Trinajstić information content (AvgIpc) is 2.76. The number of alkyl halides is 1. The molecule has 0 saturated heterocycles. The number of hydrogen-bond donors (Lipinski definition) is 0. The molecule has 160 valence electrons. The molecule has 31 heavy (non-hydrogen) atoms. The van der Waals surface area contributed by atoms with Gasteiger partial charge in [0.25, 0.3) is 0 Å². The van der Waals surface area contributed by atoms with Gasteiger partial charge in [0.15, 0.2) is 5.75 Å². The minimum atomic E-state index is -0.404. The number of hydrogen-bond acceptors (Lipinski definition) is 5. The highest BCUT2D eigenvalue weighted by Gasteiger charge is 2.26. The second-order valence-corrected chi connectivity index (χ2v) is 8.36. The van der Waals surface area contributed by atoms with Gasteiger partial charge in [0, 0.05) is 11.6 Å². The Morgan fingerprint density at radius 1 is 1.03 bits per heavy atom. The van der Waals surface area contributed by atoms with Crippen LogP contribution in [0.4, 0.5) is 0 Å². The number of benzene rings is 2. The largest absolute Gasteiger partial charge is 0.489 e. The molecule has 0 aliphatic carbocycles. The molecule has 0 aliphatic heterocycles. The van der Waals surface area contributed by atoms with E-state index >= 15 is 0 Å². The third-order valence-corrected chi connectivity index (χ3v) is 5.47. The maximum absolute atomic E-state index is 9.55. The molecule has 1 heterocycles. The first-order chi connectivity index (χ1) is 14.8. The Hall–Kier alpha value is -2.52. The van der Waals surface area contributed by atoms with Crippen LogP contribution in [0.15, 0.2) is 48.7 Å². The van der Waals surface area contributed by atoms with Crippen LogP contribution >= 0.6 is 34.8 Å². The van der Waals surface area contributed by atoms with Crippen LogP contribution in [-0.4, -0.2) is 22.5 Å². The van der Waals surface area contributed by atoms with E-state index in [1.807, 2.05) is 30.3 Å². The summed E-state index contributed by atoms with van der Waals surface area (Å²) in [7, 11) is 0. The van der Waals surface area contributed by atoms with Gasteiger partial charge in [0.1, 0.15) is 25.0 Å². The lowest BCUT2D eigenvalue weighted by molar-refractivity contribution is 0.301. The van der Waals surface area contributed by atoms with Gasteiger partial charge in [-0.1, -0.05) is 37.6 Å². The van der Waals surface area contributed by atoms with E-state index < -0.39 is 5.41 Å². The van der Waals surface area contributed by atoms with Crippen molar-refractivity contribution in [3.05, 3.63) is 81.4 Å². The van der Waals surface area contributed by atoms with Gasteiger partial charge in [-0.2, -0.15) is 5.26 Å². The quantitative estimate of drug-likeness (QED) is 0.287. The van der Waals surface area contributed by atoms with Gasteiger partial charge in [0.05, 0.1) is 22.2 Å². The Labute approximate surface area is 196 Å². The van der Waals surface area contributed by atoms with E-state index in [-0.39, 0.29) is 18.5 Å². The monoisotopic (exact) mass is 475 g/mol. The second kappa shape index (κ2) is 10.2. The number of nitriles is 1. The average molecular weight is 477 g/mol. The third kappa shape index (κ3) is 5.59. The highest BCUT2D eigenvalue weighted by atomic mass is 35.5. The Kier molecular flexibility index (Phi) is 7.61. The van der Waals surface area contributed by atoms with Crippen LogP contribution in [0.25, 0.3) is 0 Å². The predicted octanol–water partition coefficient (Wildman–Crippen LogP) is 6.18. The minimum Gasteiger partial charge on any atom is -0.489 e. The normalized spacial score (nSPS) is 11.1. The zero-order chi connectivity index (χ0) is 22.4. The van der Waals surface area contributed by atoms with Crippen LogP contribution < -0.4 is 9.47 Å². The molecule has 0 unspecified atom stereocenters. The van der Waals surface area contributed by atoms with Gasteiger partial charge >= 0.3 is 0 Å². The molecule has 0 radical (unpaired) electrons. The van der Waals surface area contributed by atoms with Crippen molar-refractivity contribution in [3.8, 4) is 17.6 Å². The molecule has 0 saturated carbocycles. The molecule has 0 atom stereocenters. The fourth-order valence-corrected chi connectivity index (χ4v) is 3.58. The molecule has 0 amide bonds. The molecule has 8 heteroatoms. The molecule has 5 nitrogen and oxygen atoms in total. The van der Waals surface area contributed by atoms with E-state index in [1.54, 1.807) is 18.3 Å². The zero-order valence-electron chi connectivity index (χ0n) is 17.0. The first-order valence-electron chi connectivity index (χ1n) is 9.49. The Bertz CT molecular complexity index is 1100. The van der Waals surface area contributed by atoms with Crippen LogP contribution in [0.1, 0.15) is 36.2 Å². The maximum atomic E-state index is 9.55. The summed E-state index contributed by atoms with van der Waals surface area (Å²) in [4.78, 5) is 7.96. The fraction of sp³-hybridized carbons (Fsp3) is 0.261. The van der Waals surface area contributed by atoms with Crippen molar-refractivity contribution in [2.45, 2.75) is 25.9 Å². The van der Waals surface area contributed by atoms with E-state index in [2.05, 4.69) is 29.9 Å². The molecule has 0 spiro atoms. The van der Waals surface area contributed by atoms with Crippen molar-refractivity contribution in [3.63, 3.8) is 0 Å². The molecule has 0 aliphatic rings. The van der Waals surface area contributed by atoms with Crippen molar-refractivity contribution in [1.29, 1.82) is 5.26 Å². The van der Waals surface area contributed by atoms with E-state index in [0.717, 1.165) is 11.1 Å². The number of ether oxygens (including phenoxy) is 2. The summed E-state index contributed by atoms with van der Waals surface area (Å²) in [5, 5.41) is 10.1. The summed E-state index contributed by atoms with van der Waals surface area (Å²) in [6.07, 6.45) is 1.59. The number of aromatic nitrogens is 2. The summed E-state index contributed by atoms with van der Waals surface area (Å²) in [5.41, 5.74) is 2.61. The Morgan fingerprint density at radius 2 is 1.77 bits per heavy atom. The summed E-state index contributed by atoms with van der Waals surface area (Å²) in [6, 6.07) is 15.3. The van der Waals surface area contributed by atoms with Crippen molar-refractivity contribution >= 4 is 34.8 Å². The van der Waals surface area contributed by atoms with Gasteiger partial charge in [-0.3, -0.25) is 0 Å². The number of halogens is 3. The number of nitrogens with zero attached hydrogens (tertiary/aromatic N) is 3. The smallest absolute Gasteiger partial charge is 0.222 e. The van der Waals surface area contributed by atoms with E-state index in [0.29, 0.717) is 33.7 Å². The first-order valence-corrected chi connectivity index (χ1v) is 10.8. The molecule has 1 aromatic heterocycles. The van der Waals surface area contributed by atoms with E-state index in [1.165, 1.54) is 0 Å².